The molecule has 2 fully saturated rings. The van der Waals surface area contributed by atoms with Gasteiger partial charge >= 0.3 is 11.9 Å². The van der Waals surface area contributed by atoms with Gasteiger partial charge in [0.15, 0.2) is 0 Å². The van der Waals surface area contributed by atoms with Gasteiger partial charge in [0.25, 0.3) is 11.8 Å². The lowest BCUT2D eigenvalue weighted by molar-refractivity contribution is -0.149. The van der Waals surface area contributed by atoms with Gasteiger partial charge in [0.2, 0.25) is 0 Å². The van der Waals surface area contributed by atoms with Crippen LogP contribution < -0.4 is 0 Å². The number of nitrogens with zero attached hydrogens (tertiary/aromatic N) is 2. The van der Waals surface area contributed by atoms with E-state index < -0.39 is 24.0 Å². The van der Waals surface area contributed by atoms with Crippen molar-refractivity contribution in [2.45, 2.75) is 44.4 Å². The molecule has 0 bridgehead atoms. The van der Waals surface area contributed by atoms with E-state index in [1.54, 1.807) is 12.1 Å². The van der Waals surface area contributed by atoms with Crippen molar-refractivity contribution in [2.24, 2.45) is 0 Å². The van der Waals surface area contributed by atoms with E-state index in [4.69, 9.17) is 4.74 Å². The van der Waals surface area contributed by atoms with E-state index in [9.17, 15) is 24.3 Å². The number of hydrogen-bond acceptors (Lipinski definition) is 5. The Morgan fingerprint density at radius 3 is 1.85 bits per heavy atom. The molecule has 0 aliphatic carbocycles. The van der Waals surface area contributed by atoms with Crippen molar-refractivity contribution in [3.05, 3.63) is 71.3 Å². The van der Waals surface area contributed by atoms with E-state index in [1.165, 1.54) is 21.9 Å². The number of esters is 1. The summed E-state index contributed by atoms with van der Waals surface area (Å²) in [6.45, 7) is 1.01. The Labute approximate surface area is 191 Å². The Morgan fingerprint density at radius 1 is 0.788 bits per heavy atom. The summed E-state index contributed by atoms with van der Waals surface area (Å²) >= 11 is 0. The van der Waals surface area contributed by atoms with Crippen LogP contribution in [-0.2, 0) is 20.9 Å². The number of carboxylic acid groups (broad SMARTS) is 1. The number of carboxylic acids is 1. The molecule has 2 amide bonds. The van der Waals surface area contributed by atoms with Gasteiger partial charge in [-0.25, -0.2) is 9.59 Å². The molecule has 2 aliphatic heterocycles. The van der Waals surface area contributed by atoms with Crippen molar-refractivity contribution in [3.8, 4) is 0 Å². The van der Waals surface area contributed by atoms with E-state index >= 15 is 0 Å². The predicted molar refractivity (Wildman–Crippen MR) is 118 cm³/mol. The minimum absolute atomic E-state index is 0.156. The molecule has 33 heavy (non-hydrogen) atoms. The third kappa shape index (κ3) is 4.89. The summed E-state index contributed by atoms with van der Waals surface area (Å²) in [5, 5.41) is 9.31. The van der Waals surface area contributed by atoms with Gasteiger partial charge in [-0.3, -0.25) is 9.59 Å². The monoisotopic (exact) mass is 450 g/mol. The van der Waals surface area contributed by atoms with E-state index in [-0.39, 0.29) is 18.4 Å². The first-order valence-electron chi connectivity index (χ1n) is 11.1. The first-order valence-corrected chi connectivity index (χ1v) is 11.1. The first kappa shape index (κ1) is 22.5. The molecule has 8 nitrogen and oxygen atoms in total. The average Bonchev–Trinajstić information content (AvgIpc) is 3.53. The van der Waals surface area contributed by atoms with Crippen molar-refractivity contribution in [3.63, 3.8) is 0 Å². The molecule has 2 heterocycles. The predicted octanol–water partition coefficient (Wildman–Crippen LogP) is 2.72. The second-order valence-corrected chi connectivity index (χ2v) is 8.32. The van der Waals surface area contributed by atoms with Crippen molar-refractivity contribution in [1.29, 1.82) is 0 Å². The molecule has 4 rings (SSSR count). The molecule has 172 valence electrons. The molecule has 2 aromatic rings. The quantitative estimate of drug-likeness (QED) is 0.679. The summed E-state index contributed by atoms with van der Waals surface area (Å²) in [5.41, 5.74) is 1.58. The summed E-state index contributed by atoms with van der Waals surface area (Å²) in [5.74, 6) is -2.09. The van der Waals surface area contributed by atoms with Gasteiger partial charge in [-0.2, -0.15) is 0 Å². The highest BCUT2D eigenvalue weighted by atomic mass is 16.5. The Balaban J connectivity index is 1.40. The Hall–Kier alpha value is -3.68. The standard InChI is InChI=1S/C25H26N2O6/c28-22(26-14-4-8-20(26)24(30)31)18-10-12-19(13-11-18)23(29)27-15-5-9-21(27)25(32)33-16-17-6-2-1-3-7-17/h1-3,6-7,10-13,20-21H,4-5,8-9,14-16H2,(H,30,31)/t20-,21-/m1/s1. The highest BCUT2D eigenvalue weighted by Crippen LogP contribution is 2.24. The zero-order chi connectivity index (χ0) is 23.4. The van der Waals surface area contributed by atoms with Crippen molar-refractivity contribution < 1.29 is 29.0 Å². The molecule has 0 spiro atoms. The van der Waals surface area contributed by atoms with E-state index in [0.29, 0.717) is 49.9 Å². The number of rotatable bonds is 6. The lowest BCUT2D eigenvalue weighted by atomic mass is 10.1. The molecule has 8 heteroatoms. The van der Waals surface area contributed by atoms with Gasteiger partial charge in [-0.15, -0.1) is 0 Å². The van der Waals surface area contributed by atoms with Crippen molar-refractivity contribution in [1.82, 2.24) is 9.80 Å². The van der Waals surface area contributed by atoms with Gasteiger partial charge in [-0.05, 0) is 55.5 Å². The zero-order valence-corrected chi connectivity index (χ0v) is 18.2. The number of likely N-dealkylation sites (tertiary alicyclic amines) is 2. The number of aliphatic carboxylic acids is 1. The Kier molecular flexibility index (Phi) is 6.72. The number of benzene rings is 2. The largest absolute Gasteiger partial charge is 0.480 e. The number of hydrogen-bond donors (Lipinski definition) is 1. The average molecular weight is 450 g/mol. The van der Waals surface area contributed by atoms with Gasteiger partial charge < -0.3 is 19.6 Å². The topological polar surface area (TPSA) is 104 Å². The van der Waals surface area contributed by atoms with Crippen LogP contribution in [0.1, 0.15) is 52.0 Å². The van der Waals surface area contributed by atoms with Crippen molar-refractivity contribution in [2.75, 3.05) is 13.1 Å². The fourth-order valence-corrected chi connectivity index (χ4v) is 4.43. The summed E-state index contributed by atoms with van der Waals surface area (Å²) in [4.78, 5) is 52.7. The second kappa shape index (κ2) is 9.85. The highest BCUT2D eigenvalue weighted by Gasteiger charge is 2.36. The summed E-state index contributed by atoms with van der Waals surface area (Å²) in [6.07, 6.45) is 2.34. The number of amides is 2. The van der Waals surface area contributed by atoms with Gasteiger partial charge in [0.05, 0.1) is 0 Å². The van der Waals surface area contributed by atoms with Gasteiger partial charge in [0, 0.05) is 24.2 Å². The van der Waals surface area contributed by atoms with Gasteiger partial charge in [0.1, 0.15) is 18.7 Å². The second-order valence-electron chi connectivity index (χ2n) is 8.32. The van der Waals surface area contributed by atoms with Crippen LogP contribution in [0.2, 0.25) is 0 Å². The fourth-order valence-electron chi connectivity index (χ4n) is 4.43. The normalized spacial score (nSPS) is 20.0. The van der Waals surface area contributed by atoms with Crippen LogP contribution in [0, 0.1) is 0 Å². The van der Waals surface area contributed by atoms with Crippen LogP contribution >= 0.6 is 0 Å². The highest BCUT2D eigenvalue weighted by molar-refractivity contribution is 6.00. The minimum atomic E-state index is -1.01. The molecule has 0 radical (unpaired) electrons. The molecule has 2 atom stereocenters. The third-order valence-electron chi connectivity index (χ3n) is 6.19. The number of carbonyl (C=O) groups excluding carboxylic acids is 3. The molecule has 0 saturated carbocycles. The number of ether oxygens (including phenoxy) is 1. The summed E-state index contributed by atoms with van der Waals surface area (Å²) < 4.78 is 5.43. The molecule has 2 aromatic carbocycles. The van der Waals surface area contributed by atoms with Crippen LogP contribution in [0.25, 0.3) is 0 Å². The first-order chi connectivity index (χ1) is 16.0. The van der Waals surface area contributed by atoms with Crippen LogP contribution in [0.4, 0.5) is 0 Å². The molecule has 0 aromatic heterocycles. The van der Waals surface area contributed by atoms with E-state index in [2.05, 4.69) is 0 Å². The lowest BCUT2D eigenvalue weighted by Gasteiger charge is -2.24. The summed E-state index contributed by atoms with van der Waals surface area (Å²) in [6, 6.07) is 14.1. The maximum absolute atomic E-state index is 13.1. The minimum Gasteiger partial charge on any atom is -0.480 e. The maximum Gasteiger partial charge on any atom is 0.329 e. The van der Waals surface area contributed by atoms with Gasteiger partial charge in [-0.1, -0.05) is 30.3 Å². The Morgan fingerprint density at radius 2 is 1.30 bits per heavy atom. The maximum atomic E-state index is 13.1. The van der Waals surface area contributed by atoms with Crippen LogP contribution in [0.5, 0.6) is 0 Å². The van der Waals surface area contributed by atoms with Crippen LogP contribution in [0.3, 0.4) is 0 Å². The van der Waals surface area contributed by atoms with E-state index in [1.807, 2.05) is 30.3 Å². The van der Waals surface area contributed by atoms with Crippen LogP contribution in [-0.4, -0.2) is 63.8 Å². The molecular weight excluding hydrogens is 424 g/mol. The molecule has 1 N–H and O–H groups in total. The van der Waals surface area contributed by atoms with Crippen molar-refractivity contribution >= 4 is 23.8 Å². The lowest BCUT2D eigenvalue weighted by Crippen LogP contribution is -2.41. The van der Waals surface area contributed by atoms with Crippen LogP contribution in [0.15, 0.2) is 54.6 Å². The molecule has 2 aliphatic rings. The molecule has 2 saturated heterocycles. The Bertz CT molecular complexity index is 1040. The smallest absolute Gasteiger partial charge is 0.329 e. The molecule has 0 unspecified atom stereocenters. The third-order valence-corrected chi connectivity index (χ3v) is 6.19. The SMILES string of the molecule is O=C(O)[C@H]1CCCN1C(=O)c1ccc(C(=O)N2CCC[C@@H]2C(=O)OCc2ccccc2)cc1. The summed E-state index contributed by atoms with van der Waals surface area (Å²) in [7, 11) is 0. The van der Waals surface area contributed by atoms with E-state index in [0.717, 1.165) is 5.56 Å². The zero-order valence-electron chi connectivity index (χ0n) is 18.2. The fraction of sp³-hybridized carbons (Fsp3) is 0.360. The molecular formula is C25H26N2O6. The number of carbonyl (C=O) groups is 4.